The number of esters is 1. The number of pyridine rings is 1. The second-order valence-electron chi connectivity index (χ2n) is 3.62. The fourth-order valence-electron chi connectivity index (χ4n) is 1.57. The predicted molar refractivity (Wildman–Crippen MR) is 67.1 cm³/mol. The van der Waals surface area contributed by atoms with Crippen LogP contribution < -0.4 is 0 Å². The van der Waals surface area contributed by atoms with Gasteiger partial charge in [-0.15, -0.1) is 0 Å². The summed E-state index contributed by atoms with van der Waals surface area (Å²) in [7, 11) is 0. The number of aromatic nitrogens is 3. The summed E-state index contributed by atoms with van der Waals surface area (Å²) in [5.41, 5.74) is 1.90. The molecule has 0 saturated carbocycles. The molecule has 0 aliphatic rings. The second-order valence-corrected chi connectivity index (χ2v) is 4.00. The predicted octanol–water partition coefficient (Wildman–Crippen LogP) is 2.41. The summed E-state index contributed by atoms with van der Waals surface area (Å²) in [6.07, 6.45) is 3.08. The second kappa shape index (κ2) is 5.18. The fourth-order valence-corrected chi connectivity index (χ4v) is 1.68. The van der Waals surface area contributed by atoms with Gasteiger partial charge in [0.1, 0.15) is 10.7 Å². The third-order valence-electron chi connectivity index (χ3n) is 2.46. The highest BCUT2D eigenvalue weighted by Crippen LogP contribution is 2.15. The SMILES string of the molecule is CCOC(=O)c1cnn(-c2ccc(Cl)nc2)c1C. The Labute approximate surface area is 109 Å². The lowest BCUT2D eigenvalue weighted by Crippen LogP contribution is -2.07. The van der Waals surface area contributed by atoms with Crippen LogP contribution in [0.5, 0.6) is 0 Å². The standard InChI is InChI=1S/C12H12ClN3O2/c1-3-18-12(17)10-7-15-16(8(10)2)9-4-5-11(13)14-6-9/h4-7H,3H2,1-2H3. The molecule has 6 heteroatoms. The van der Waals surface area contributed by atoms with E-state index in [2.05, 4.69) is 10.1 Å². The van der Waals surface area contributed by atoms with Crippen LogP contribution in [0.4, 0.5) is 0 Å². The lowest BCUT2D eigenvalue weighted by Gasteiger charge is -2.05. The fraction of sp³-hybridized carbons (Fsp3) is 0.250. The normalized spacial score (nSPS) is 10.4. The van der Waals surface area contributed by atoms with Crippen molar-refractivity contribution in [3.63, 3.8) is 0 Å². The molecule has 0 N–H and O–H groups in total. The first kappa shape index (κ1) is 12.6. The molecule has 18 heavy (non-hydrogen) atoms. The molecule has 5 nitrogen and oxygen atoms in total. The minimum Gasteiger partial charge on any atom is -0.462 e. The van der Waals surface area contributed by atoms with Crippen LogP contribution in [-0.2, 0) is 4.74 Å². The van der Waals surface area contributed by atoms with Gasteiger partial charge in [0.25, 0.3) is 0 Å². The van der Waals surface area contributed by atoms with Gasteiger partial charge in [0, 0.05) is 0 Å². The topological polar surface area (TPSA) is 57.0 Å². The quantitative estimate of drug-likeness (QED) is 0.632. The minimum absolute atomic E-state index is 0.339. The zero-order chi connectivity index (χ0) is 13.1. The Morgan fingerprint density at radius 3 is 2.83 bits per heavy atom. The molecular formula is C12H12ClN3O2. The van der Waals surface area contributed by atoms with E-state index in [1.165, 1.54) is 6.20 Å². The zero-order valence-corrected chi connectivity index (χ0v) is 10.8. The van der Waals surface area contributed by atoms with Gasteiger partial charge in [0.15, 0.2) is 0 Å². The summed E-state index contributed by atoms with van der Waals surface area (Å²) < 4.78 is 6.57. The lowest BCUT2D eigenvalue weighted by molar-refractivity contribution is 0.0525. The zero-order valence-electron chi connectivity index (χ0n) is 10.1. The Morgan fingerprint density at radius 1 is 1.44 bits per heavy atom. The molecule has 0 atom stereocenters. The van der Waals surface area contributed by atoms with Gasteiger partial charge in [0.2, 0.25) is 0 Å². The van der Waals surface area contributed by atoms with Gasteiger partial charge < -0.3 is 4.74 Å². The van der Waals surface area contributed by atoms with Gasteiger partial charge in [-0.2, -0.15) is 5.10 Å². The highest BCUT2D eigenvalue weighted by molar-refractivity contribution is 6.29. The summed E-state index contributed by atoms with van der Waals surface area (Å²) in [5.74, 6) is -0.372. The number of carbonyl (C=O) groups is 1. The largest absolute Gasteiger partial charge is 0.462 e. The molecule has 0 unspecified atom stereocenters. The first-order valence-corrected chi connectivity index (χ1v) is 5.85. The summed E-state index contributed by atoms with van der Waals surface area (Å²) in [4.78, 5) is 15.6. The van der Waals surface area contributed by atoms with Crippen molar-refractivity contribution in [1.82, 2.24) is 14.8 Å². The molecule has 0 aliphatic carbocycles. The number of ether oxygens (including phenoxy) is 1. The molecule has 0 aliphatic heterocycles. The number of hydrogen-bond acceptors (Lipinski definition) is 4. The number of carbonyl (C=O) groups excluding carboxylic acids is 1. The van der Waals surface area contributed by atoms with E-state index in [0.717, 1.165) is 5.69 Å². The lowest BCUT2D eigenvalue weighted by atomic mass is 10.2. The van der Waals surface area contributed by atoms with Crippen molar-refractivity contribution in [2.24, 2.45) is 0 Å². The van der Waals surface area contributed by atoms with Crippen LogP contribution in [0, 0.1) is 6.92 Å². The smallest absolute Gasteiger partial charge is 0.341 e. The third-order valence-corrected chi connectivity index (χ3v) is 2.69. The third kappa shape index (κ3) is 2.36. The van der Waals surface area contributed by atoms with Gasteiger partial charge in [-0.25, -0.2) is 14.5 Å². The number of hydrogen-bond donors (Lipinski definition) is 0. The number of halogens is 1. The van der Waals surface area contributed by atoms with Crippen molar-refractivity contribution in [1.29, 1.82) is 0 Å². The summed E-state index contributed by atoms with van der Waals surface area (Å²) >= 11 is 5.72. The van der Waals surface area contributed by atoms with Crippen LogP contribution in [0.1, 0.15) is 23.0 Å². The molecule has 0 bridgehead atoms. The highest BCUT2D eigenvalue weighted by Gasteiger charge is 2.15. The molecule has 0 amide bonds. The Hall–Kier alpha value is -1.88. The Kier molecular flexibility index (Phi) is 3.62. The van der Waals surface area contributed by atoms with Crippen molar-refractivity contribution in [2.75, 3.05) is 6.61 Å². The molecule has 2 aromatic rings. The molecule has 0 fully saturated rings. The van der Waals surface area contributed by atoms with Crippen LogP contribution in [0.2, 0.25) is 5.15 Å². The highest BCUT2D eigenvalue weighted by atomic mass is 35.5. The minimum atomic E-state index is -0.372. The van der Waals surface area contributed by atoms with Gasteiger partial charge in [-0.3, -0.25) is 0 Å². The Bertz CT molecular complexity index is 563. The van der Waals surface area contributed by atoms with E-state index in [1.54, 1.807) is 36.9 Å². The molecule has 94 valence electrons. The van der Waals surface area contributed by atoms with Crippen molar-refractivity contribution in [3.05, 3.63) is 40.9 Å². The van der Waals surface area contributed by atoms with Crippen molar-refractivity contribution < 1.29 is 9.53 Å². The molecule has 0 spiro atoms. The molecule has 2 rings (SSSR count). The maximum atomic E-state index is 11.7. The molecule has 0 aromatic carbocycles. The summed E-state index contributed by atoms with van der Waals surface area (Å²) in [6, 6.07) is 3.45. The molecular weight excluding hydrogens is 254 g/mol. The average Bonchev–Trinajstić information content (AvgIpc) is 2.73. The first-order chi connectivity index (χ1) is 8.63. The molecule has 2 aromatic heterocycles. The molecule has 0 radical (unpaired) electrons. The van der Waals surface area contributed by atoms with Crippen molar-refractivity contribution in [3.8, 4) is 5.69 Å². The van der Waals surface area contributed by atoms with Crippen LogP contribution in [0.15, 0.2) is 24.5 Å². The van der Waals surface area contributed by atoms with E-state index >= 15 is 0 Å². The summed E-state index contributed by atoms with van der Waals surface area (Å²) in [6.45, 7) is 3.90. The van der Waals surface area contributed by atoms with Crippen LogP contribution in [0.25, 0.3) is 5.69 Å². The maximum absolute atomic E-state index is 11.7. The van der Waals surface area contributed by atoms with Crippen molar-refractivity contribution >= 4 is 17.6 Å². The monoisotopic (exact) mass is 265 g/mol. The van der Waals surface area contributed by atoms with E-state index < -0.39 is 0 Å². The van der Waals surface area contributed by atoms with E-state index in [1.807, 2.05) is 0 Å². The van der Waals surface area contributed by atoms with Gasteiger partial charge in [-0.05, 0) is 26.0 Å². The first-order valence-electron chi connectivity index (χ1n) is 5.47. The van der Waals surface area contributed by atoms with Gasteiger partial charge in [0.05, 0.1) is 30.4 Å². The van der Waals surface area contributed by atoms with Crippen LogP contribution in [-0.4, -0.2) is 27.3 Å². The van der Waals surface area contributed by atoms with Gasteiger partial charge in [-0.1, -0.05) is 11.6 Å². The molecule has 2 heterocycles. The molecule has 0 saturated heterocycles. The van der Waals surface area contributed by atoms with E-state index in [9.17, 15) is 4.79 Å². The van der Waals surface area contributed by atoms with E-state index in [-0.39, 0.29) is 5.97 Å². The van der Waals surface area contributed by atoms with E-state index in [0.29, 0.717) is 23.0 Å². The van der Waals surface area contributed by atoms with Crippen molar-refractivity contribution in [2.45, 2.75) is 13.8 Å². The van der Waals surface area contributed by atoms with E-state index in [4.69, 9.17) is 16.3 Å². The summed E-state index contributed by atoms with van der Waals surface area (Å²) in [5, 5.41) is 4.56. The Balaban J connectivity index is 2.36. The van der Waals surface area contributed by atoms with Crippen LogP contribution in [0.3, 0.4) is 0 Å². The van der Waals surface area contributed by atoms with Crippen LogP contribution >= 0.6 is 11.6 Å². The Morgan fingerprint density at radius 2 is 2.22 bits per heavy atom. The van der Waals surface area contributed by atoms with Gasteiger partial charge >= 0.3 is 5.97 Å². The number of nitrogens with zero attached hydrogens (tertiary/aromatic N) is 3. The average molecular weight is 266 g/mol. The maximum Gasteiger partial charge on any atom is 0.341 e. The number of rotatable bonds is 3.